The number of aliphatic imine (C=N–C) groups is 1. The summed E-state index contributed by atoms with van der Waals surface area (Å²) in [4.78, 5) is 15.6. The topological polar surface area (TPSA) is 67.5 Å². The largest absolute Gasteiger partial charge is 0.294 e. The van der Waals surface area contributed by atoms with Crippen LogP contribution in [-0.2, 0) is 4.79 Å². The molecule has 4 nitrogen and oxygen atoms in total. The van der Waals surface area contributed by atoms with Crippen molar-refractivity contribution in [1.29, 1.82) is 0 Å². The van der Waals surface area contributed by atoms with Crippen LogP contribution in [0, 0.1) is 11.8 Å². The molecule has 15 heavy (non-hydrogen) atoms. The average Bonchev–Trinajstić information content (AvgIpc) is 2.20. The molecule has 0 aliphatic carbocycles. The van der Waals surface area contributed by atoms with Gasteiger partial charge in [0.05, 0.1) is 0 Å². The first-order valence-electron chi connectivity index (χ1n) is 5.24. The minimum absolute atomic E-state index is 0.0584. The van der Waals surface area contributed by atoms with Gasteiger partial charge < -0.3 is 0 Å². The van der Waals surface area contributed by atoms with Gasteiger partial charge in [0.15, 0.2) is 0 Å². The van der Waals surface area contributed by atoms with E-state index < -0.39 is 0 Å². The number of hydrogen-bond acceptors (Lipinski definition) is 3. The van der Waals surface area contributed by atoms with Crippen LogP contribution in [0.15, 0.2) is 16.6 Å². The predicted molar refractivity (Wildman–Crippen MR) is 61.3 cm³/mol. The monoisotopic (exact) mass is 209 g/mol. The zero-order valence-electron chi connectivity index (χ0n) is 9.58. The van der Waals surface area contributed by atoms with Crippen molar-refractivity contribution in [1.82, 2.24) is 5.43 Å². The average molecular weight is 209 g/mol. The highest BCUT2D eigenvalue weighted by molar-refractivity contribution is 5.94. The summed E-state index contributed by atoms with van der Waals surface area (Å²) in [7, 11) is 0. The minimum atomic E-state index is -0.103. The van der Waals surface area contributed by atoms with E-state index in [2.05, 4.69) is 23.4 Å². The van der Waals surface area contributed by atoms with Crippen LogP contribution in [-0.4, -0.2) is 18.2 Å². The van der Waals surface area contributed by atoms with Gasteiger partial charge in [0, 0.05) is 24.1 Å². The molecule has 1 rings (SSSR count). The van der Waals surface area contributed by atoms with E-state index in [9.17, 15) is 4.79 Å². The van der Waals surface area contributed by atoms with E-state index in [0.29, 0.717) is 5.92 Å². The second-order valence-corrected chi connectivity index (χ2v) is 4.21. The van der Waals surface area contributed by atoms with Gasteiger partial charge >= 0.3 is 0 Å². The number of allylic oxidation sites excluding steroid dienone is 1. The van der Waals surface area contributed by atoms with E-state index in [4.69, 9.17) is 5.84 Å². The van der Waals surface area contributed by atoms with Crippen LogP contribution in [0.5, 0.6) is 0 Å². The van der Waals surface area contributed by atoms with Crippen molar-refractivity contribution in [3.05, 3.63) is 11.6 Å². The number of carbonyl (C=O) groups excluding carboxylic acids is 1. The van der Waals surface area contributed by atoms with Gasteiger partial charge in [-0.1, -0.05) is 12.5 Å². The summed E-state index contributed by atoms with van der Waals surface area (Å²) in [6, 6.07) is 0. The lowest BCUT2D eigenvalue weighted by molar-refractivity contribution is -0.124. The molecule has 4 heteroatoms. The molecule has 0 saturated heterocycles. The third-order valence-electron chi connectivity index (χ3n) is 2.87. The van der Waals surface area contributed by atoms with Crippen molar-refractivity contribution >= 4 is 11.6 Å². The fourth-order valence-corrected chi connectivity index (χ4v) is 1.83. The van der Waals surface area contributed by atoms with Crippen LogP contribution in [0.4, 0.5) is 0 Å². The third kappa shape index (κ3) is 3.16. The van der Waals surface area contributed by atoms with Crippen molar-refractivity contribution in [2.75, 3.05) is 6.54 Å². The summed E-state index contributed by atoms with van der Waals surface area (Å²) < 4.78 is 0. The SMILES string of the molecule is CC1=CC(C)=NCC1CC(C)C(=O)NN. The number of hydrogen-bond donors (Lipinski definition) is 2. The Labute approximate surface area is 90.6 Å². The second-order valence-electron chi connectivity index (χ2n) is 4.21. The number of dihydropyridines is 1. The summed E-state index contributed by atoms with van der Waals surface area (Å²) >= 11 is 0. The second kappa shape index (κ2) is 5.07. The fraction of sp³-hybridized carbons (Fsp3) is 0.636. The number of nitrogens with one attached hydrogen (secondary N) is 1. The molecule has 1 aliphatic heterocycles. The maximum absolute atomic E-state index is 11.3. The smallest absolute Gasteiger partial charge is 0.236 e. The highest BCUT2D eigenvalue weighted by Crippen LogP contribution is 2.23. The Morgan fingerprint density at radius 2 is 2.40 bits per heavy atom. The number of nitrogens with zero attached hydrogens (tertiary/aromatic N) is 1. The Hall–Kier alpha value is -1.16. The molecule has 84 valence electrons. The normalized spacial score (nSPS) is 22.8. The zero-order chi connectivity index (χ0) is 11.4. The van der Waals surface area contributed by atoms with Gasteiger partial charge in [-0.2, -0.15) is 0 Å². The van der Waals surface area contributed by atoms with Crippen LogP contribution >= 0.6 is 0 Å². The van der Waals surface area contributed by atoms with E-state index >= 15 is 0 Å². The van der Waals surface area contributed by atoms with Gasteiger partial charge in [0.1, 0.15) is 0 Å². The molecule has 0 aromatic heterocycles. The standard InChI is InChI=1S/C11H19N3O/c1-7-4-9(3)13-6-10(7)5-8(2)11(15)14-12/h4,8,10H,5-6,12H2,1-3H3,(H,14,15). The van der Waals surface area contributed by atoms with Gasteiger partial charge in [-0.3, -0.25) is 15.2 Å². The van der Waals surface area contributed by atoms with Gasteiger partial charge in [-0.05, 0) is 26.3 Å². The van der Waals surface area contributed by atoms with Crippen molar-refractivity contribution in [3.8, 4) is 0 Å². The molecule has 0 spiro atoms. The van der Waals surface area contributed by atoms with E-state index in [1.165, 1.54) is 5.57 Å². The molecule has 3 N–H and O–H groups in total. The molecule has 2 atom stereocenters. The molecule has 0 fully saturated rings. The van der Waals surface area contributed by atoms with Gasteiger partial charge in [0.25, 0.3) is 0 Å². The zero-order valence-corrected chi connectivity index (χ0v) is 9.58. The number of rotatable bonds is 3. The van der Waals surface area contributed by atoms with Crippen molar-refractivity contribution in [2.24, 2.45) is 22.7 Å². The molecule has 0 aromatic carbocycles. The predicted octanol–water partition coefficient (Wildman–Crippen LogP) is 1.04. The molecule has 1 heterocycles. The van der Waals surface area contributed by atoms with Gasteiger partial charge in [-0.25, -0.2) is 5.84 Å². The Bertz CT molecular complexity index is 307. The fourth-order valence-electron chi connectivity index (χ4n) is 1.83. The Balaban J connectivity index is 2.54. The maximum Gasteiger partial charge on any atom is 0.236 e. The van der Waals surface area contributed by atoms with E-state index in [-0.39, 0.29) is 11.8 Å². The molecule has 1 amide bonds. The van der Waals surface area contributed by atoms with Gasteiger partial charge in [0.2, 0.25) is 5.91 Å². The summed E-state index contributed by atoms with van der Waals surface area (Å²) in [5.74, 6) is 5.31. The first kappa shape index (κ1) is 11.9. The van der Waals surface area contributed by atoms with Crippen LogP contribution < -0.4 is 11.3 Å². The quantitative estimate of drug-likeness (QED) is 0.414. The molecule has 1 aliphatic rings. The first-order valence-corrected chi connectivity index (χ1v) is 5.24. The summed E-state index contributed by atoms with van der Waals surface area (Å²) in [6.07, 6.45) is 2.89. The number of carbonyl (C=O) groups is 1. The van der Waals surface area contributed by atoms with Crippen LogP contribution in [0.2, 0.25) is 0 Å². The summed E-state index contributed by atoms with van der Waals surface area (Å²) in [6.45, 7) is 6.77. The molecule has 0 saturated carbocycles. The van der Waals surface area contributed by atoms with Crippen molar-refractivity contribution < 1.29 is 4.79 Å². The highest BCUT2D eigenvalue weighted by atomic mass is 16.2. The lowest BCUT2D eigenvalue weighted by Crippen LogP contribution is -2.36. The summed E-state index contributed by atoms with van der Waals surface area (Å²) in [5, 5.41) is 0. The Morgan fingerprint density at radius 3 is 2.93 bits per heavy atom. The molecule has 0 bridgehead atoms. The molecule has 2 unspecified atom stereocenters. The van der Waals surface area contributed by atoms with E-state index in [0.717, 1.165) is 18.7 Å². The van der Waals surface area contributed by atoms with Crippen LogP contribution in [0.3, 0.4) is 0 Å². The molecular formula is C11H19N3O. The molecule has 0 aromatic rings. The maximum atomic E-state index is 11.3. The Kier molecular flexibility index (Phi) is 4.03. The lowest BCUT2D eigenvalue weighted by Gasteiger charge is -2.22. The Morgan fingerprint density at radius 1 is 1.73 bits per heavy atom. The molecule has 0 radical (unpaired) electrons. The minimum Gasteiger partial charge on any atom is -0.294 e. The van der Waals surface area contributed by atoms with Crippen molar-refractivity contribution in [2.45, 2.75) is 27.2 Å². The summed E-state index contributed by atoms with van der Waals surface area (Å²) in [5.41, 5.74) is 4.56. The number of nitrogens with two attached hydrogens (primary N) is 1. The highest BCUT2D eigenvalue weighted by Gasteiger charge is 2.21. The van der Waals surface area contributed by atoms with E-state index in [1.807, 2.05) is 13.8 Å². The van der Waals surface area contributed by atoms with Gasteiger partial charge in [-0.15, -0.1) is 0 Å². The third-order valence-corrected chi connectivity index (χ3v) is 2.87. The van der Waals surface area contributed by atoms with Crippen LogP contribution in [0.25, 0.3) is 0 Å². The number of amides is 1. The number of hydrazine groups is 1. The lowest BCUT2D eigenvalue weighted by atomic mass is 9.88. The van der Waals surface area contributed by atoms with Crippen molar-refractivity contribution in [3.63, 3.8) is 0 Å². The first-order chi connectivity index (χ1) is 7.04. The van der Waals surface area contributed by atoms with Crippen LogP contribution in [0.1, 0.15) is 27.2 Å². The van der Waals surface area contributed by atoms with E-state index in [1.54, 1.807) is 0 Å². The molecular weight excluding hydrogens is 190 g/mol.